The summed E-state index contributed by atoms with van der Waals surface area (Å²) in [6.45, 7) is 4.37. The molecule has 1 aliphatic rings. The highest BCUT2D eigenvalue weighted by Crippen LogP contribution is 2.22. The Morgan fingerprint density at radius 2 is 1.38 bits per heavy atom. The van der Waals surface area contributed by atoms with Crippen molar-refractivity contribution >= 4 is 11.6 Å². The number of Topliss-reactive ketones (excluding diaryl/α,β-unsaturated/α-hetero) is 1. The van der Waals surface area contributed by atoms with Crippen LogP contribution in [0.4, 0.5) is 0 Å². The molecule has 0 bridgehead atoms. The first kappa shape index (κ1) is 20.6. The molecular weight excluding hydrogens is 364 g/mol. The second-order valence-electron chi connectivity index (χ2n) is 7.77. The zero-order valence-corrected chi connectivity index (χ0v) is 16.8. The molecule has 3 rings (SSSR count). The van der Waals surface area contributed by atoms with E-state index in [0.29, 0.717) is 12.3 Å². The van der Waals surface area contributed by atoms with Gasteiger partial charge in [-0.3, -0.25) is 9.59 Å². The number of carbonyl (C=O) groups excluding carboxylic acids is 2. The van der Waals surface area contributed by atoms with Gasteiger partial charge in [0.1, 0.15) is 0 Å². The lowest BCUT2D eigenvalue weighted by molar-refractivity contribution is -0.119. The van der Waals surface area contributed by atoms with Crippen LogP contribution in [0, 0.1) is 0 Å². The number of allylic oxidation sites excluding steroid dienone is 2. The van der Waals surface area contributed by atoms with E-state index in [0.717, 1.165) is 24.5 Å². The third kappa shape index (κ3) is 5.02. The van der Waals surface area contributed by atoms with Gasteiger partial charge >= 0.3 is 0 Å². The Labute approximate surface area is 171 Å². The number of benzene rings is 2. The van der Waals surface area contributed by atoms with Crippen LogP contribution >= 0.6 is 0 Å². The Balaban J connectivity index is 1.62. The molecule has 0 unspecified atom stereocenters. The average molecular weight is 390 g/mol. The van der Waals surface area contributed by atoms with Gasteiger partial charge < -0.3 is 10.2 Å². The van der Waals surface area contributed by atoms with Crippen LogP contribution in [0.25, 0.3) is 0 Å². The number of rotatable bonds is 7. The van der Waals surface area contributed by atoms with E-state index < -0.39 is 23.1 Å². The van der Waals surface area contributed by atoms with Crippen LogP contribution in [0.5, 0.6) is 0 Å². The second-order valence-corrected chi connectivity index (χ2v) is 7.77. The average Bonchev–Trinajstić information content (AvgIpc) is 2.71. The quantitative estimate of drug-likeness (QED) is 0.657. The van der Waals surface area contributed by atoms with Crippen molar-refractivity contribution in [2.75, 3.05) is 0 Å². The molecule has 0 aromatic heterocycles. The first-order valence-corrected chi connectivity index (χ1v) is 9.93. The number of hydrogen-bond acceptors (Lipinski definition) is 4. The van der Waals surface area contributed by atoms with Crippen molar-refractivity contribution in [2.24, 2.45) is 0 Å². The Bertz CT molecular complexity index is 978. The first-order valence-electron chi connectivity index (χ1n) is 9.93. The summed E-state index contributed by atoms with van der Waals surface area (Å²) < 4.78 is 0. The lowest BCUT2D eigenvalue weighted by atomic mass is 9.93. The molecule has 0 aliphatic heterocycles. The molecule has 0 fully saturated rings. The third-order valence-corrected chi connectivity index (χ3v) is 5.30. The zero-order valence-electron chi connectivity index (χ0n) is 16.8. The Kier molecular flexibility index (Phi) is 6.32. The van der Waals surface area contributed by atoms with Crippen LogP contribution in [0.1, 0.15) is 48.4 Å². The van der Waals surface area contributed by atoms with E-state index in [9.17, 15) is 19.8 Å². The molecule has 150 valence electrons. The summed E-state index contributed by atoms with van der Waals surface area (Å²) >= 11 is 0. The third-order valence-electron chi connectivity index (χ3n) is 5.30. The van der Waals surface area contributed by atoms with E-state index in [4.69, 9.17) is 0 Å². The van der Waals surface area contributed by atoms with Crippen molar-refractivity contribution in [2.45, 2.75) is 45.4 Å². The van der Waals surface area contributed by atoms with Gasteiger partial charge in [0.15, 0.2) is 11.5 Å². The van der Waals surface area contributed by atoms with E-state index >= 15 is 0 Å². The number of aliphatic hydroxyl groups excluding tert-OH is 2. The molecule has 0 saturated heterocycles. The minimum absolute atomic E-state index is 0.0226. The summed E-state index contributed by atoms with van der Waals surface area (Å²) in [5.74, 6) is -2.05. The van der Waals surface area contributed by atoms with Crippen molar-refractivity contribution in [3.63, 3.8) is 0 Å². The lowest BCUT2D eigenvalue weighted by Crippen LogP contribution is -2.19. The fourth-order valence-corrected chi connectivity index (χ4v) is 3.47. The molecule has 4 heteroatoms. The first-order chi connectivity index (χ1) is 13.8. The van der Waals surface area contributed by atoms with Crippen molar-refractivity contribution < 1.29 is 19.8 Å². The predicted octanol–water partition coefficient (Wildman–Crippen LogP) is 4.93. The SMILES string of the molecule is CC(C)c1ccc(CCc2cccc(CCC3=C(O)C(=O)C=C(O)C3=O)c2)cc1. The summed E-state index contributed by atoms with van der Waals surface area (Å²) in [4.78, 5) is 23.6. The van der Waals surface area contributed by atoms with E-state index in [-0.39, 0.29) is 12.0 Å². The maximum absolute atomic E-state index is 12.0. The van der Waals surface area contributed by atoms with E-state index in [1.54, 1.807) is 0 Å². The van der Waals surface area contributed by atoms with E-state index in [2.05, 4.69) is 50.2 Å². The highest BCUT2D eigenvalue weighted by Gasteiger charge is 2.27. The summed E-state index contributed by atoms with van der Waals surface area (Å²) in [6.07, 6.45) is 3.32. The largest absolute Gasteiger partial charge is 0.504 e. The maximum Gasteiger partial charge on any atom is 0.227 e. The number of hydrogen-bond donors (Lipinski definition) is 2. The van der Waals surface area contributed by atoms with Crippen molar-refractivity contribution in [3.05, 3.63) is 94.0 Å². The fraction of sp³-hybridized carbons (Fsp3) is 0.280. The minimum atomic E-state index is -0.727. The number of ketones is 2. The van der Waals surface area contributed by atoms with Crippen molar-refractivity contribution in [1.82, 2.24) is 0 Å². The number of aryl methyl sites for hydroxylation is 3. The van der Waals surface area contributed by atoms with Crippen LogP contribution in [0.2, 0.25) is 0 Å². The van der Waals surface area contributed by atoms with Crippen LogP contribution in [-0.4, -0.2) is 21.8 Å². The summed E-state index contributed by atoms with van der Waals surface area (Å²) in [6, 6.07) is 16.8. The summed E-state index contributed by atoms with van der Waals surface area (Å²) in [5.41, 5.74) is 4.83. The zero-order chi connectivity index (χ0) is 21.0. The molecule has 1 aliphatic carbocycles. The van der Waals surface area contributed by atoms with Gasteiger partial charge in [0.2, 0.25) is 11.6 Å². The highest BCUT2D eigenvalue weighted by molar-refractivity contribution is 6.20. The van der Waals surface area contributed by atoms with Crippen LogP contribution < -0.4 is 0 Å². The molecule has 2 aromatic rings. The molecule has 0 atom stereocenters. The Morgan fingerprint density at radius 1 is 0.793 bits per heavy atom. The molecule has 4 nitrogen and oxygen atoms in total. The molecular formula is C25H26O4. The molecule has 2 N–H and O–H groups in total. The normalized spacial score (nSPS) is 14.5. The molecule has 0 spiro atoms. The summed E-state index contributed by atoms with van der Waals surface area (Å²) in [7, 11) is 0. The number of aliphatic hydroxyl groups is 2. The highest BCUT2D eigenvalue weighted by atomic mass is 16.3. The minimum Gasteiger partial charge on any atom is -0.504 e. The predicted molar refractivity (Wildman–Crippen MR) is 113 cm³/mol. The van der Waals surface area contributed by atoms with Gasteiger partial charge in [0.05, 0.1) is 0 Å². The molecule has 0 amide bonds. The maximum atomic E-state index is 12.0. The standard InChI is InChI=1S/C25H26O4/c1-16(2)20-11-8-17(9-12-20)6-7-18-4-3-5-19(14-18)10-13-21-24(28)22(26)15-23(27)25(21)29/h3-5,8-9,11-12,14-16,26,29H,6-7,10,13H2,1-2H3. The molecule has 29 heavy (non-hydrogen) atoms. The Morgan fingerprint density at radius 3 is 2.00 bits per heavy atom. The smallest absolute Gasteiger partial charge is 0.227 e. The Hall–Kier alpha value is -3.14. The van der Waals surface area contributed by atoms with Gasteiger partial charge in [-0.2, -0.15) is 0 Å². The monoisotopic (exact) mass is 390 g/mol. The van der Waals surface area contributed by atoms with Gasteiger partial charge in [-0.15, -0.1) is 0 Å². The lowest BCUT2D eigenvalue weighted by Gasteiger charge is -2.13. The molecule has 0 saturated carbocycles. The molecule has 0 heterocycles. The van der Waals surface area contributed by atoms with Gasteiger partial charge in [-0.05, 0) is 53.9 Å². The van der Waals surface area contributed by atoms with Crippen molar-refractivity contribution in [1.29, 1.82) is 0 Å². The topological polar surface area (TPSA) is 74.6 Å². The van der Waals surface area contributed by atoms with Crippen LogP contribution in [-0.2, 0) is 28.9 Å². The number of carbonyl (C=O) groups is 2. The fourth-order valence-electron chi connectivity index (χ4n) is 3.47. The van der Waals surface area contributed by atoms with E-state index in [1.165, 1.54) is 16.7 Å². The summed E-state index contributed by atoms with van der Waals surface area (Å²) in [5, 5.41) is 19.4. The van der Waals surface area contributed by atoms with Gasteiger partial charge in [-0.25, -0.2) is 0 Å². The van der Waals surface area contributed by atoms with Gasteiger partial charge in [0.25, 0.3) is 0 Å². The molecule has 2 aromatic carbocycles. The second kappa shape index (κ2) is 8.91. The van der Waals surface area contributed by atoms with Gasteiger partial charge in [-0.1, -0.05) is 62.4 Å². The van der Waals surface area contributed by atoms with Gasteiger partial charge in [0, 0.05) is 11.6 Å². The van der Waals surface area contributed by atoms with Crippen molar-refractivity contribution in [3.8, 4) is 0 Å². The molecule has 0 radical (unpaired) electrons. The van der Waals surface area contributed by atoms with Crippen LogP contribution in [0.3, 0.4) is 0 Å². The van der Waals surface area contributed by atoms with Crippen LogP contribution in [0.15, 0.2) is 71.7 Å². The van der Waals surface area contributed by atoms with E-state index in [1.807, 2.05) is 12.1 Å².